The highest BCUT2D eigenvalue weighted by molar-refractivity contribution is 6.41. The van der Waals surface area contributed by atoms with E-state index in [1.807, 2.05) is 43.4 Å². The van der Waals surface area contributed by atoms with Crippen molar-refractivity contribution in [3.63, 3.8) is 0 Å². The predicted octanol–water partition coefficient (Wildman–Crippen LogP) is 1.42. The Labute approximate surface area is 94.2 Å². The fourth-order valence-corrected chi connectivity index (χ4v) is 1.41. The lowest BCUT2D eigenvalue weighted by Crippen LogP contribution is -2.21. The van der Waals surface area contributed by atoms with Gasteiger partial charge in [0.25, 0.3) is 0 Å². The summed E-state index contributed by atoms with van der Waals surface area (Å²) in [5.74, 6) is 0. The standard InChI is InChI=1S/C13H12B2/c1-3-4-5-7-10(2)13-11(14)8-6-9-12(13)15/h3-9H,1H2,2H3/b5-4-,10-7+. The Morgan fingerprint density at radius 2 is 1.80 bits per heavy atom. The zero-order chi connectivity index (χ0) is 11.3. The van der Waals surface area contributed by atoms with E-state index in [-0.39, 0.29) is 0 Å². The van der Waals surface area contributed by atoms with Gasteiger partial charge in [-0.2, -0.15) is 0 Å². The van der Waals surface area contributed by atoms with Crippen molar-refractivity contribution in [2.75, 3.05) is 0 Å². The van der Waals surface area contributed by atoms with Crippen LogP contribution in [0.3, 0.4) is 0 Å². The van der Waals surface area contributed by atoms with Crippen LogP contribution in [0, 0.1) is 0 Å². The zero-order valence-electron chi connectivity index (χ0n) is 8.90. The number of benzene rings is 1. The summed E-state index contributed by atoms with van der Waals surface area (Å²) in [5, 5.41) is 0. The Bertz CT molecular complexity index is 394. The molecule has 0 unspecified atom stereocenters. The van der Waals surface area contributed by atoms with Gasteiger partial charge in [-0.3, -0.25) is 0 Å². The Morgan fingerprint density at radius 1 is 1.20 bits per heavy atom. The van der Waals surface area contributed by atoms with E-state index in [0.29, 0.717) is 10.9 Å². The first-order valence-electron chi connectivity index (χ1n) is 4.77. The second-order valence-electron chi connectivity index (χ2n) is 3.28. The third-order valence-electron chi connectivity index (χ3n) is 2.12. The van der Waals surface area contributed by atoms with Gasteiger partial charge < -0.3 is 0 Å². The van der Waals surface area contributed by atoms with E-state index >= 15 is 0 Å². The Kier molecular flexibility index (Phi) is 4.23. The molecule has 0 atom stereocenters. The second-order valence-corrected chi connectivity index (χ2v) is 3.28. The summed E-state index contributed by atoms with van der Waals surface area (Å²) in [4.78, 5) is 0. The van der Waals surface area contributed by atoms with Crippen molar-refractivity contribution in [1.29, 1.82) is 0 Å². The average molecular weight is 190 g/mol. The van der Waals surface area contributed by atoms with Crippen LogP contribution in [0.2, 0.25) is 0 Å². The van der Waals surface area contributed by atoms with Crippen molar-refractivity contribution in [3.8, 4) is 0 Å². The van der Waals surface area contributed by atoms with Gasteiger partial charge in [0.15, 0.2) is 0 Å². The molecule has 1 aromatic carbocycles. The predicted molar refractivity (Wildman–Crippen MR) is 70.2 cm³/mol. The van der Waals surface area contributed by atoms with Crippen LogP contribution in [-0.4, -0.2) is 15.7 Å². The summed E-state index contributed by atoms with van der Waals surface area (Å²) in [5.41, 5.74) is 3.36. The SMILES string of the molecule is [B]c1cccc([B])c1/C(C)=C/C=C\C=C. The van der Waals surface area contributed by atoms with Gasteiger partial charge in [0.1, 0.15) is 15.7 Å². The van der Waals surface area contributed by atoms with Gasteiger partial charge in [0.05, 0.1) is 0 Å². The van der Waals surface area contributed by atoms with E-state index in [0.717, 1.165) is 11.1 Å². The Morgan fingerprint density at radius 3 is 2.33 bits per heavy atom. The summed E-state index contributed by atoms with van der Waals surface area (Å²) in [6.45, 7) is 5.58. The minimum atomic E-state index is 0.704. The molecule has 0 saturated heterocycles. The molecule has 0 spiro atoms. The van der Waals surface area contributed by atoms with Gasteiger partial charge >= 0.3 is 0 Å². The summed E-state index contributed by atoms with van der Waals surface area (Å²) < 4.78 is 0. The smallest absolute Gasteiger partial charge is 0.0991 e. The molecule has 1 aromatic rings. The lowest BCUT2D eigenvalue weighted by Gasteiger charge is -2.10. The molecule has 15 heavy (non-hydrogen) atoms. The molecule has 0 aliphatic heterocycles. The van der Waals surface area contributed by atoms with Gasteiger partial charge in [-0.05, 0) is 18.1 Å². The molecule has 0 bridgehead atoms. The van der Waals surface area contributed by atoms with Crippen molar-refractivity contribution in [2.45, 2.75) is 6.92 Å². The molecule has 0 amide bonds. The van der Waals surface area contributed by atoms with Gasteiger partial charge in [0.2, 0.25) is 0 Å². The number of allylic oxidation sites excluding steroid dienone is 5. The molecule has 0 nitrogen and oxygen atoms in total. The fraction of sp³-hybridized carbons (Fsp3) is 0.0769. The molecular weight excluding hydrogens is 178 g/mol. The minimum Gasteiger partial charge on any atom is -0.0991 e. The maximum Gasteiger partial charge on any atom is 0.114 e. The molecule has 4 radical (unpaired) electrons. The average Bonchev–Trinajstić information content (AvgIpc) is 2.18. The Balaban J connectivity index is 3.10. The summed E-state index contributed by atoms with van der Waals surface area (Å²) >= 11 is 0. The number of hydrogen-bond acceptors (Lipinski definition) is 0. The highest BCUT2D eigenvalue weighted by Gasteiger charge is 2.01. The molecule has 0 heterocycles. The number of rotatable bonds is 3. The van der Waals surface area contributed by atoms with Gasteiger partial charge in [-0.1, -0.05) is 60.0 Å². The van der Waals surface area contributed by atoms with Gasteiger partial charge in [0, 0.05) is 0 Å². The van der Waals surface area contributed by atoms with E-state index in [1.165, 1.54) is 0 Å². The molecule has 1 rings (SSSR count). The topological polar surface area (TPSA) is 0 Å². The van der Waals surface area contributed by atoms with E-state index in [4.69, 9.17) is 15.7 Å². The molecule has 0 fully saturated rings. The molecule has 0 aliphatic carbocycles. The van der Waals surface area contributed by atoms with Crippen LogP contribution >= 0.6 is 0 Å². The highest BCUT2D eigenvalue weighted by atomic mass is 14.0. The first-order chi connectivity index (χ1) is 7.16. The quantitative estimate of drug-likeness (QED) is 0.499. The largest absolute Gasteiger partial charge is 0.114 e. The maximum absolute atomic E-state index is 5.86. The van der Waals surface area contributed by atoms with Crippen molar-refractivity contribution in [3.05, 3.63) is 54.6 Å². The summed E-state index contributed by atoms with van der Waals surface area (Å²) in [6, 6.07) is 5.54. The minimum absolute atomic E-state index is 0.704. The molecular formula is C13H12B2. The van der Waals surface area contributed by atoms with Crippen LogP contribution in [-0.2, 0) is 0 Å². The van der Waals surface area contributed by atoms with E-state index in [1.54, 1.807) is 6.08 Å². The van der Waals surface area contributed by atoms with Crippen LogP contribution in [0.25, 0.3) is 5.57 Å². The van der Waals surface area contributed by atoms with Gasteiger partial charge in [-0.25, -0.2) is 0 Å². The first-order valence-corrected chi connectivity index (χ1v) is 4.77. The molecule has 0 saturated carbocycles. The lowest BCUT2D eigenvalue weighted by molar-refractivity contribution is 1.65. The summed E-state index contributed by atoms with van der Waals surface area (Å²) in [7, 11) is 11.7. The van der Waals surface area contributed by atoms with Crippen LogP contribution in [0.4, 0.5) is 0 Å². The highest BCUT2D eigenvalue weighted by Crippen LogP contribution is 2.08. The van der Waals surface area contributed by atoms with E-state index in [9.17, 15) is 0 Å². The van der Waals surface area contributed by atoms with E-state index in [2.05, 4.69) is 6.58 Å². The molecule has 0 N–H and O–H groups in total. The lowest BCUT2D eigenvalue weighted by atomic mass is 9.78. The third kappa shape index (κ3) is 3.02. The first kappa shape index (κ1) is 11.6. The molecule has 70 valence electrons. The normalized spacial score (nSPS) is 11.9. The van der Waals surface area contributed by atoms with Crippen molar-refractivity contribution < 1.29 is 0 Å². The maximum atomic E-state index is 5.86. The number of hydrogen-bond donors (Lipinski definition) is 0. The van der Waals surface area contributed by atoms with Crippen LogP contribution in [0.5, 0.6) is 0 Å². The van der Waals surface area contributed by atoms with Crippen LogP contribution in [0.15, 0.2) is 49.1 Å². The Hall–Kier alpha value is -1.43. The van der Waals surface area contributed by atoms with Crippen molar-refractivity contribution >= 4 is 32.2 Å². The zero-order valence-corrected chi connectivity index (χ0v) is 8.90. The third-order valence-corrected chi connectivity index (χ3v) is 2.12. The molecule has 0 aliphatic rings. The molecule has 0 aromatic heterocycles. The summed E-state index contributed by atoms with van der Waals surface area (Å²) in [6.07, 6.45) is 7.46. The second kappa shape index (κ2) is 5.45. The van der Waals surface area contributed by atoms with Gasteiger partial charge in [-0.15, -0.1) is 0 Å². The van der Waals surface area contributed by atoms with Crippen molar-refractivity contribution in [1.82, 2.24) is 0 Å². The van der Waals surface area contributed by atoms with Crippen LogP contribution < -0.4 is 10.9 Å². The fourth-order valence-electron chi connectivity index (χ4n) is 1.41. The van der Waals surface area contributed by atoms with Crippen molar-refractivity contribution in [2.24, 2.45) is 0 Å². The monoisotopic (exact) mass is 190 g/mol. The molecule has 2 heteroatoms. The van der Waals surface area contributed by atoms with E-state index < -0.39 is 0 Å². The van der Waals surface area contributed by atoms with Crippen LogP contribution in [0.1, 0.15) is 12.5 Å².